The number of hydrogen-bond acceptors (Lipinski definition) is 0. The number of halogens is 3. The van der Waals surface area contributed by atoms with Crippen molar-refractivity contribution in [2.45, 2.75) is 11.8 Å². The van der Waals surface area contributed by atoms with Crippen LogP contribution in [0.3, 0.4) is 0 Å². The molecule has 4 rings (SSSR count). The van der Waals surface area contributed by atoms with Crippen LogP contribution in [0.4, 0.5) is 0 Å². The van der Waals surface area contributed by atoms with E-state index in [1.807, 2.05) is 18.2 Å². The van der Waals surface area contributed by atoms with Crippen LogP contribution in [0.5, 0.6) is 0 Å². The summed E-state index contributed by atoms with van der Waals surface area (Å²) in [5.74, 6) is 0. The molecule has 4 aromatic rings. The normalized spacial score (nSPS) is 10.3. The van der Waals surface area contributed by atoms with Crippen molar-refractivity contribution >= 4 is 39.2 Å². The van der Waals surface area contributed by atoms with Gasteiger partial charge in [0.05, 0.1) is 0 Å². The third-order valence-corrected chi connectivity index (χ3v) is 7.59. The summed E-state index contributed by atoms with van der Waals surface area (Å²) >= 11 is 2.82. The van der Waals surface area contributed by atoms with E-state index in [-0.39, 0.29) is 43.9 Å². The van der Waals surface area contributed by atoms with Crippen molar-refractivity contribution < 1.29 is 47.9 Å². The average molecular weight is 666 g/mol. The summed E-state index contributed by atoms with van der Waals surface area (Å²) in [4.78, 5) is 0.471. The van der Waals surface area contributed by atoms with Crippen molar-refractivity contribution in [3.63, 3.8) is 0 Å². The summed E-state index contributed by atoms with van der Waals surface area (Å²) in [7, 11) is 0. The summed E-state index contributed by atoms with van der Waals surface area (Å²) < 4.78 is 4.25. The van der Waals surface area contributed by atoms with Gasteiger partial charge in [-0.3, -0.25) is 0 Å². The molecule has 0 spiro atoms. The summed E-state index contributed by atoms with van der Waals surface area (Å²) in [5.41, 5.74) is 1.33. The predicted octanol–water partition coefficient (Wildman–Crippen LogP) is -0.210. The quantitative estimate of drug-likeness (QED) is 0.161. The van der Waals surface area contributed by atoms with Gasteiger partial charge in [0, 0.05) is 4.83 Å². The number of rotatable bonds is 4. The van der Waals surface area contributed by atoms with Gasteiger partial charge in [-0.25, -0.2) is 0 Å². The van der Waals surface area contributed by atoms with Crippen LogP contribution in [0.1, 0.15) is 17.3 Å². The van der Waals surface area contributed by atoms with Gasteiger partial charge in [-0.05, 0) is 12.5 Å². The molecular weight excluding hydrogens is 639 g/mol. The molecule has 5 heteroatoms. The van der Waals surface area contributed by atoms with E-state index in [0.717, 1.165) is 0 Å². The van der Waals surface area contributed by atoms with Crippen LogP contribution in [0, 0.1) is 0 Å². The number of benzene rings is 4. The summed E-state index contributed by atoms with van der Waals surface area (Å²) in [6.07, 6.45) is 0. The van der Waals surface area contributed by atoms with Gasteiger partial charge in [0.25, 0.3) is 0 Å². The van der Waals surface area contributed by atoms with E-state index in [1.54, 1.807) is 0 Å². The van der Waals surface area contributed by atoms with Crippen LogP contribution in [-0.2, 0) is 13.9 Å². The van der Waals surface area contributed by atoms with Gasteiger partial charge in [-0.1, -0.05) is 46.3 Å². The Morgan fingerprint density at radius 1 is 0.516 bits per heavy atom. The van der Waals surface area contributed by atoms with Crippen LogP contribution < -0.4 is 47.3 Å². The van der Waals surface area contributed by atoms with E-state index in [1.165, 1.54) is 18.9 Å². The number of alkyl halides is 1. The van der Waals surface area contributed by atoms with Crippen molar-refractivity contribution in [2.24, 2.45) is 0 Å². The number of hydrogen-bond donors (Lipinski definition) is 0. The second kappa shape index (κ2) is 16.8. The standard InChI is InChI=1S/C8H9Br.3C6H5.2BrH.Fe.H3P/c1-7(9)8-5-3-2-4-6-8;3*1-2-4-6-5-3-1;;;;/h2-7H,1H3;3*1-5H;2*1H;;1H3/q;;;;;;+2;/p-2. The first-order valence-corrected chi connectivity index (χ1v) is 11.8. The molecule has 0 amide bonds. The van der Waals surface area contributed by atoms with Crippen molar-refractivity contribution in [2.75, 3.05) is 0 Å². The second-order valence-electron chi connectivity index (χ2n) is 6.14. The van der Waals surface area contributed by atoms with E-state index < -0.39 is 13.9 Å². The van der Waals surface area contributed by atoms with Crippen molar-refractivity contribution in [3.05, 3.63) is 127 Å². The Bertz CT molecular complexity index is 843. The van der Waals surface area contributed by atoms with Gasteiger partial charge in [0.15, 0.2) is 0 Å². The van der Waals surface area contributed by atoms with Gasteiger partial charge in [-0.2, -0.15) is 9.90 Å². The molecule has 0 heterocycles. The predicted molar refractivity (Wildman–Crippen MR) is 133 cm³/mol. The van der Waals surface area contributed by atoms with Crippen LogP contribution in [-0.4, -0.2) is 0 Å². The van der Waals surface area contributed by atoms with Crippen molar-refractivity contribution in [1.82, 2.24) is 0 Å². The molecule has 4 aromatic carbocycles. The molecule has 165 valence electrons. The van der Waals surface area contributed by atoms with Crippen molar-refractivity contribution in [3.8, 4) is 0 Å². The van der Waals surface area contributed by atoms with Crippen LogP contribution in [0.25, 0.3) is 0 Å². The Hall–Kier alpha value is -0.731. The molecule has 0 N–H and O–H groups in total. The topological polar surface area (TPSA) is 0 Å². The fourth-order valence-electron chi connectivity index (χ4n) is 2.66. The maximum absolute atomic E-state index is 3.48. The van der Waals surface area contributed by atoms with E-state index in [0.29, 0.717) is 4.83 Å². The third-order valence-electron chi connectivity index (χ3n) is 4.05. The van der Waals surface area contributed by atoms with Gasteiger partial charge >= 0.3 is 118 Å². The Labute approximate surface area is 224 Å². The first-order chi connectivity index (χ1) is 13.8. The Balaban J connectivity index is 0.000000648. The van der Waals surface area contributed by atoms with Gasteiger partial charge in [0.1, 0.15) is 0 Å². The SMILES string of the molecule is CC(Br)c1ccccc1.P.[Br-].[Br-].c1cc[c]([Fe+2]([c]2ccccc2)[c]2ccccc2)cc1. The van der Waals surface area contributed by atoms with Gasteiger partial charge in [0.2, 0.25) is 0 Å². The molecule has 0 aromatic heterocycles. The Morgan fingerprint density at radius 2 is 0.774 bits per heavy atom. The molecule has 2 atom stereocenters. The van der Waals surface area contributed by atoms with Crippen LogP contribution in [0.2, 0.25) is 0 Å². The average Bonchev–Trinajstić information content (AvgIpc) is 2.77. The molecule has 0 saturated heterocycles. The maximum atomic E-state index is 3.48. The summed E-state index contributed by atoms with van der Waals surface area (Å²) in [5, 5.41) is 0. The minimum atomic E-state index is -0.662. The molecule has 0 aliphatic heterocycles. The first-order valence-electron chi connectivity index (χ1n) is 9.26. The fourth-order valence-corrected chi connectivity index (χ4v) is 5.81. The zero-order valence-corrected chi connectivity index (χ0v) is 24.6. The molecule has 0 aliphatic carbocycles. The van der Waals surface area contributed by atoms with Crippen LogP contribution in [0.15, 0.2) is 121 Å². The van der Waals surface area contributed by atoms with E-state index in [4.69, 9.17) is 0 Å². The molecule has 0 aliphatic rings. The molecule has 31 heavy (non-hydrogen) atoms. The molecule has 0 radical (unpaired) electrons. The van der Waals surface area contributed by atoms with E-state index in [2.05, 4.69) is 126 Å². The minimum absolute atomic E-state index is 0. The molecule has 0 nitrogen and oxygen atoms in total. The molecule has 0 fully saturated rings. The second-order valence-corrected chi connectivity index (χ2v) is 10.3. The van der Waals surface area contributed by atoms with Crippen LogP contribution >= 0.6 is 25.8 Å². The third kappa shape index (κ3) is 9.74. The molecular formula is C26H27Br3FeP. The summed E-state index contributed by atoms with van der Waals surface area (Å²) in [6.45, 7) is 2.12. The molecule has 0 bridgehead atoms. The Morgan fingerprint density at radius 3 is 1.00 bits per heavy atom. The zero-order valence-electron chi connectivity index (χ0n) is 17.3. The fraction of sp³-hybridized carbons (Fsp3) is 0.0769. The molecule has 2 unspecified atom stereocenters. The summed E-state index contributed by atoms with van der Waals surface area (Å²) in [6, 6.07) is 42.8. The van der Waals surface area contributed by atoms with E-state index >= 15 is 0 Å². The Kier molecular flexibility index (Phi) is 16.4. The van der Waals surface area contributed by atoms with Gasteiger partial charge < -0.3 is 34.0 Å². The van der Waals surface area contributed by atoms with Gasteiger partial charge in [-0.15, -0.1) is 0 Å². The van der Waals surface area contributed by atoms with E-state index in [9.17, 15) is 0 Å². The zero-order chi connectivity index (χ0) is 19.6. The van der Waals surface area contributed by atoms with Crippen molar-refractivity contribution in [1.29, 1.82) is 0 Å². The monoisotopic (exact) mass is 663 g/mol. The molecule has 0 saturated carbocycles. The first kappa shape index (κ1) is 30.3.